The zero-order valence-corrected chi connectivity index (χ0v) is 12.3. The van der Waals surface area contributed by atoms with E-state index in [1.54, 1.807) is 0 Å². The largest absolute Gasteiger partial charge is 0.311 e. The lowest BCUT2D eigenvalue weighted by atomic mass is 10.2. The van der Waals surface area contributed by atoms with Crippen LogP contribution in [0.1, 0.15) is 17.0 Å². The van der Waals surface area contributed by atoms with Crippen molar-refractivity contribution in [2.75, 3.05) is 20.1 Å². The SMILES string of the molecule is Cc1cccc(CN(C)CCNCc2ccccc2)n1. The monoisotopic (exact) mass is 269 g/mol. The normalized spacial score (nSPS) is 10.9. The van der Waals surface area contributed by atoms with Crippen LogP contribution in [-0.2, 0) is 13.1 Å². The van der Waals surface area contributed by atoms with E-state index in [0.29, 0.717) is 0 Å². The molecule has 1 N–H and O–H groups in total. The third-order valence-electron chi connectivity index (χ3n) is 3.22. The van der Waals surface area contributed by atoms with Gasteiger partial charge in [0.1, 0.15) is 0 Å². The van der Waals surface area contributed by atoms with Crippen molar-refractivity contribution < 1.29 is 0 Å². The summed E-state index contributed by atoms with van der Waals surface area (Å²) in [6, 6.07) is 16.7. The molecule has 0 amide bonds. The number of likely N-dealkylation sites (N-methyl/N-ethyl adjacent to an activating group) is 1. The molecule has 20 heavy (non-hydrogen) atoms. The fourth-order valence-corrected chi connectivity index (χ4v) is 2.14. The lowest BCUT2D eigenvalue weighted by molar-refractivity contribution is 0.320. The van der Waals surface area contributed by atoms with Gasteiger partial charge in [-0.2, -0.15) is 0 Å². The average molecular weight is 269 g/mol. The van der Waals surface area contributed by atoms with Crippen LogP contribution >= 0.6 is 0 Å². The van der Waals surface area contributed by atoms with Gasteiger partial charge in [0.2, 0.25) is 0 Å². The Balaban J connectivity index is 1.66. The summed E-state index contributed by atoms with van der Waals surface area (Å²) < 4.78 is 0. The summed E-state index contributed by atoms with van der Waals surface area (Å²) >= 11 is 0. The summed E-state index contributed by atoms with van der Waals surface area (Å²) in [5.74, 6) is 0. The minimum atomic E-state index is 0.898. The second-order valence-corrected chi connectivity index (χ2v) is 5.17. The molecule has 0 aliphatic heterocycles. The molecule has 0 unspecified atom stereocenters. The van der Waals surface area contributed by atoms with Crippen molar-refractivity contribution in [3.8, 4) is 0 Å². The van der Waals surface area contributed by atoms with Crippen LogP contribution in [0.4, 0.5) is 0 Å². The fraction of sp³-hybridized carbons (Fsp3) is 0.353. The van der Waals surface area contributed by atoms with Crippen LogP contribution in [0, 0.1) is 6.92 Å². The summed E-state index contributed by atoms with van der Waals surface area (Å²) in [4.78, 5) is 6.82. The maximum atomic E-state index is 4.53. The number of nitrogens with one attached hydrogen (secondary N) is 1. The molecule has 1 aromatic heterocycles. The Kier molecular flexibility index (Phi) is 5.71. The first-order valence-electron chi connectivity index (χ1n) is 7.10. The molecular weight excluding hydrogens is 246 g/mol. The predicted molar refractivity (Wildman–Crippen MR) is 83.5 cm³/mol. The summed E-state index contributed by atoms with van der Waals surface area (Å²) in [6.45, 7) is 5.86. The molecule has 0 saturated heterocycles. The van der Waals surface area contributed by atoms with Crippen molar-refractivity contribution in [2.45, 2.75) is 20.0 Å². The molecule has 0 spiro atoms. The van der Waals surface area contributed by atoms with Gasteiger partial charge in [-0.3, -0.25) is 9.88 Å². The van der Waals surface area contributed by atoms with Gasteiger partial charge in [0.05, 0.1) is 5.69 Å². The van der Waals surface area contributed by atoms with E-state index < -0.39 is 0 Å². The van der Waals surface area contributed by atoms with E-state index in [1.165, 1.54) is 5.56 Å². The van der Waals surface area contributed by atoms with E-state index in [0.717, 1.165) is 37.6 Å². The van der Waals surface area contributed by atoms with E-state index in [1.807, 2.05) is 19.1 Å². The zero-order chi connectivity index (χ0) is 14.2. The lowest BCUT2D eigenvalue weighted by Gasteiger charge is -2.16. The number of rotatable bonds is 7. The molecule has 1 heterocycles. The Morgan fingerprint density at radius 2 is 1.85 bits per heavy atom. The van der Waals surface area contributed by atoms with Crippen LogP contribution < -0.4 is 5.32 Å². The fourth-order valence-electron chi connectivity index (χ4n) is 2.14. The third kappa shape index (κ3) is 5.11. The molecule has 2 rings (SSSR count). The first kappa shape index (κ1) is 14.7. The third-order valence-corrected chi connectivity index (χ3v) is 3.22. The number of pyridine rings is 1. The first-order valence-corrected chi connectivity index (χ1v) is 7.10. The van der Waals surface area contributed by atoms with Gasteiger partial charge in [-0.05, 0) is 31.7 Å². The second kappa shape index (κ2) is 7.78. The number of aryl methyl sites for hydroxylation is 1. The molecule has 1 aromatic carbocycles. The maximum absolute atomic E-state index is 4.53. The Labute approximate surface area is 121 Å². The molecular formula is C17H23N3. The van der Waals surface area contributed by atoms with Gasteiger partial charge in [0.25, 0.3) is 0 Å². The van der Waals surface area contributed by atoms with Crippen LogP contribution in [0.3, 0.4) is 0 Å². The van der Waals surface area contributed by atoms with E-state index >= 15 is 0 Å². The molecule has 106 valence electrons. The zero-order valence-electron chi connectivity index (χ0n) is 12.3. The summed E-state index contributed by atoms with van der Waals surface area (Å²) in [5, 5.41) is 3.47. The molecule has 0 bridgehead atoms. The molecule has 0 radical (unpaired) electrons. The highest BCUT2D eigenvalue weighted by atomic mass is 15.1. The highest BCUT2D eigenvalue weighted by Gasteiger charge is 2.01. The van der Waals surface area contributed by atoms with Crippen molar-refractivity contribution in [1.29, 1.82) is 0 Å². The molecule has 3 nitrogen and oxygen atoms in total. The van der Waals surface area contributed by atoms with Crippen molar-refractivity contribution in [1.82, 2.24) is 15.2 Å². The van der Waals surface area contributed by atoms with Crippen molar-refractivity contribution in [3.63, 3.8) is 0 Å². The van der Waals surface area contributed by atoms with Crippen LogP contribution in [0.15, 0.2) is 48.5 Å². The van der Waals surface area contributed by atoms with Gasteiger partial charge in [0.15, 0.2) is 0 Å². The number of benzene rings is 1. The van der Waals surface area contributed by atoms with Crippen molar-refractivity contribution in [3.05, 3.63) is 65.5 Å². The van der Waals surface area contributed by atoms with Gasteiger partial charge in [-0.1, -0.05) is 36.4 Å². The summed E-state index contributed by atoms with van der Waals surface area (Å²) in [6.07, 6.45) is 0. The second-order valence-electron chi connectivity index (χ2n) is 5.17. The van der Waals surface area contributed by atoms with Gasteiger partial charge in [-0.15, -0.1) is 0 Å². The van der Waals surface area contributed by atoms with Crippen LogP contribution in [0.5, 0.6) is 0 Å². The average Bonchev–Trinajstić information content (AvgIpc) is 2.45. The smallest absolute Gasteiger partial charge is 0.0547 e. The summed E-state index contributed by atoms with van der Waals surface area (Å²) in [5.41, 5.74) is 3.55. The number of hydrogen-bond donors (Lipinski definition) is 1. The Hall–Kier alpha value is -1.71. The van der Waals surface area contributed by atoms with E-state index in [-0.39, 0.29) is 0 Å². The Bertz CT molecular complexity index is 511. The predicted octanol–water partition coefficient (Wildman–Crippen LogP) is 2.61. The number of aromatic nitrogens is 1. The van der Waals surface area contributed by atoms with E-state index in [9.17, 15) is 0 Å². The molecule has 0 saturated carbocycles. The van der Waals surface area contributed by atoms with Crippen molar-refractivity contribution >= 4 is 0 Å². The number of hydrogen-bond acceptors (Lipinski definition) is 3. The quantitative estimate of drug-likeness (QED) is 0.783. The molecule has 0 aliphatic carbocycles. The topological polar surface area (TPSA) is 28.2 Å². The molecule has 0 fully saturated rings. The standard InChI is InChI=1S/C17H23N3/c1-15-7-6-10-17(19-15)14-20(2)12-11-18-13-16-8-4-3-5-9-16/h3-10,18H,11-14H2,1-2H3. The van der Waals surface area contributed by atoms with E-state index in [4.69, 9.17) is 0 Å². The highest BCUT2D eigenvalue weighted by molar-refractivity contribution is 5.14. The Morgan fingerprint density at radius 3 is 2.60 bits per heavy atom. The molecule has 2 aromatic rings. The molecule has 3 heteroatoms. The maximum Gasteiger partial charge on any atom is 0.0547 e. The van der Waals surface area contributed by atoms with Crippen LogP contribution in [0.25, 0.3) is 0 Å². The number of nitrogens with zero attached hydrogens (tertiary/aromatic N) is 2. The van der Waals surface area contributed by atoms with Gasteiger partial charge in [-0.25, -0.2) is 0 Å². The van der Waals surface area contributed by atoms with E-state index in [2.05, 4.69) is 58.6 Å². The first-order chi connectivity index (χ1) is 9.74. The van der Waals surface area contributed by atoms with Gasteiger partial charge >= 0.3 is 0 Å². The minimum absolute atomic E-state index is 0.898. The minimum Gasteiger partial charge on any atom is -0.311 e. The summed E-state index contributed by atoms with van der Waals surface area (Å²) in [7, 11) is 2.13. The highest BCUT2D eigenvalue weighted by Crippen LogP contribution is 2.01. The van der Waals surface area contributed by atoms with Gasteiger partial charge in [0, 0.05) is 31.9 Å². The van der Waals surface area contributed by atoms with Crippen LogP contribution in [-0.4, -0.2) is 30.0 Å². The molecule has 0 atom stereocenters. The lowest BCUT2D eigenvalue weighted by Crippen LogP contribution is -2.29. The van der Waals surface area contributed by atoms with Gasteiger partial charge < -0.3 is 5.32 Å². The van der Waals surface area contributed by atoms with Crippen LogP contribution in [0.2, 0.25) is 0 Å². The Morgan fingerprint density at radius 1 is 1.05 bits per heavy atom. The molecule has 0 aliphatic rings. The van der Waals surface area contributed by atoms with Crippen molar-refractivity contribution in [2.24, 2.45) is 0 Å².